The van der Waals surface area contributed by atoms with Gasteiger partial charge >= 0.3 is 0 Å². The summed E-state index contributed by atoms with van der Waals surface area (Å²) in [6.07, 6.45) is 4.71. The first-order valence-electron chi connectivity index (χ1n) is 6.70. The highest BCUT2D eigenvalue weighted by molar-refractivity contribution is 7.99. The maximum atomic E-state index is 9.95. The molecule has 3 rings (SSSR count). The average molecular weight is 261 g/mol. The van der Waals surface area contributed by atoms with Gasteiger partial charge in [-0.3, -0.25) is 4.90 Å². The van der Waals surface area contributed by atoms with Gasteiger partial charge in [0.1, 0.15) is 5.75 Å². The molecule has 2 heterocycles. The van der Waals surface area contributed by atoms with E-state index in [9.17, 15) is 5.11 Å². The van der Waals surface area contributed by atoms with E-state index in [1.807, 2.05) is 6.07 Å². The van der Waals surface area contributed by atoms with Gasteiger partial charge in [-0.25, -0.2) is 0 Å². The third-order valence-corrected chi connectivity index (χ3v) is 4.98. The molecule has 0 bridgehead atoms. The summed E-state index contributed by atoms with van der Waals surface area (Å²) in [7, 11) is 0. The molecule has 1 N–H and O–H groups in total. The van der Waals surface area contributed by atoms with Crippen molar-refractivity contribution in [3.05, 3.63) is 29.8 Å². The van der Waals surface area contributed by atoms with E-state index in [0.717, 1.165) is 17.1 Å². The van der Waals surface area contributed by atoms with Crippen LogP contribution in [0.4, 0.5) is 0 Å². The number of nitrogens with zero attached hydrogens (tertiary/aromatic N) is 1. The van der Waals surface area contributed by atoms with Gasteiger partial charge in [-0.1, -0.05) is 25.1 Å². The molecule has 2 aliphatic rings. The molecule has 0 radical (unpaired) electrons. The molecule has 96 valence electrons. The van der Waals surface area contributed by atoms with E-state index in [2.05, 4.69) is 24.0 Å². The number of hydrogen-bond donors (Lipinski definition) is 1. The number of hydrogen-bond acceptors (Lipinski definition) is 3. The number of phenolic OH excluding ortho intramolecular Hbond substituents is 1. The summed E-state index contributed by atoms with van der Waals surface area (Å²) in [6, 6.07) is 6.43. The van der Waals surface area contributed by atoms with Crippen molar-refractivity contribution in [1.29, 1.82) is 0 Å². The highest BCUT2D eigenvalue weighted by atomic mass is 32.2. The molecule has 2 aliphatic heterocycles. The Hall–Kier alpha value is -0.930. The molecule has 0 saturated carbocycles. The predicted octanol–water partition coefficient (Wildman–Crippen LogP) is 3.37. The minimum absolute atomic E-state index is 0.435. The van der Waals surface area contributed by atoms with Crippen LogP contribution in [-0.4, -0.2) is 34.9 Å². The zero-order chi connectivity index (χ0) is 12.5. The third kappa shape index (κ3) is 1.95. The number of thioether (sulfide) groups is 1. The van der Waals surface area contributed by atoms with Crippen LogP contribution in [-0.2, 0) is 0 Å². The fourth-order valence-electron chi connectivity index (χ4n) is 2.98. The van der Waals surface area contributed by atoms with Gasteiger partial charge in [0.25, 0.3) is 0 Å². The van der Waals surface area contributed by atoms with Gasteiger partial charge in [-0.15, -0.1) is 11.8 Å². The summed E-state index contributed by atoms with van der Waals surface area (Å²) in [5, 5.41) is 9.95. The van der Waals surface area contributed by atoms with Crippen molar-refractivity contribution in [2.24, 2.45) is 0 Å². The fraction of sp³-hybridized carbons (Fsp3) is 0.467. The van der Waals surface area contributed by atoms with Crippen LogP contribution in [0, 0.1) is 0 Å². The first-order valence-corrected chi connectivity index (χ1v) is 7.69. The van der Waals surface area contributed by atoms with E-state index < -0.39 is 0 Å². The van der Waals surface area contributed by atoms with Crippen LogP contribution in [0.15, 0.2) is 29.2 Å². The number of benzene rings is 1. The van der Waals surface area contributed by atoms with E-state index in [4.69, 9.17) is 0 Å². The van der Waals surface area contributed by atoms with Gasteiger partial charge in [0.15, 0.2) is 0 Å². The van der Waals surface area contributed by atoms with E-state index in [0.29, 0.717) is 11.8 Å². The maximum Gasteiger partial charge on any atom is 0.129 e. The standard InChI is InChI=1S/C15H19NOS/c1-2-8-16-9-4-6-11-12-5-3-7-14(17)15(12)18-10-13(11)16/h3,5-7,13,17H,2,4,8-10H2,1H3. The lowest BCUT2D eigenvalue weighted by molar-refractivity contribution is 0.245. The summed E-state index contributed by atoms with van der Waals surface area (Å²) < 4.78 is 0. The Balaban J connectivity index is 1.99. The molecule has 0 fully saturated rings. The summed E-state index contributed by atoms with van der Waals surface area (Å²) in [5.41, 5.74) is 2.68. The van der Waals surface area contributed by atoms with E-state index in [1.54, 1.807) is 17.8 Å². The van der Waals surface area contributed by atoms with Gasteiger partial charge in [0.05, 0.1) is 4.90 Å². The Kier molecular flexibility index (Phi) is 3.35. The molecule has 1 unspecified atom stereocenters. The molecular weight excluding hydrogens is 242 g/mol. The van der Waals surface area contributed by atoms with Crippen molar-refractivity contribution in [3.63, 3.8) is 0 Å². The first-order chi connectivity index (χ1) is 8.81. The van der Waals surface area contributed by atoms with Crippen molar-refractivity contribution in [2.45, 2.75) is 30.7 Å². The van der Waals surface area contributed by atoms with Gasteiger partial charge in [0, 0.05) is 18.3 Å². The second kappa shape index (κ2) is 4.98. The van der Waals surface area contributed by atoms with Crippen molar-refractivity contribution < 1.29 is 5.11 Å². The molecule has 18 heavy (non-hydrogen) atoms. The molecule has 3 heteroatoms. The van der Waals surface area contributed by atoms with Crippen molar-refractivity contribution in [2.75, 3.05) is 18.8 Å². The number of rotatable bonds is 2. The fourth-order valence-corrected chi connectivity index (χ4v) is 4.25. The summed E-state index contributed by atoms with van der Waals surface area (Å²) in [4.78, 5) is 3.66. The van der Waals surface area contributed by atoms with Gasteiger partial charge in [-0.2, -0.15) is 0 Å². The monoisotopic (exact) mass is 261 g/mol. The lowest BCUT2D eigenvalue weighted by Gasteiger charge is -2.39. The van der Waals surface area contributed by atoms with E-state index in [1.165, 1.54) is 30.6 Å². The lowest BCUT2D eigenvalue weighted by Crippen LogP contribution is -2.42. The molecule has 0 amide bonds. The number of fused-ring (bicyclic) bond motifs is 3. The second-order valence-corrected chi connectivity index (χ2v) is 5.99. The molecule has 0 aromatic heterocycles. The molecule has 0 spiro atoms. The summed E-state index contributed by atoms with van der Waals surface area (Å²) >= 11 is 1.80. The number of phenols is 1. The Morgan fingerprint density at radius 1 is 1.44 bits per heavy atom. The van der Waals surface area contributed by atoms with Crippen LogP contribution in [0.5, 0.6) is 5.75 Å². The minimum atomic E-state index is 0.435. The van der Waals surface area contributed by atoms with Crippen LogP contribution in [0.3, 0.4) is 0 Å². The zero-order valence-corrected chi connectivity index (χ0v) is 11.5. The van der Waals surface area contributed by atoms with Gasteiger partial charge < -0.3 is 5.11 Å². The zero-order valence-electron chi connectivity index (χ0n) is 10.7. The highest BCUT2D eigenvalue weighted by Gasteiger charge is 2.31. The van der Waals surface area contributed by atoms with Crippen LogP contribution in [0.1, 0.15) is 25.3 Å². The van der Waals surface area contributed by atoms with E-state index in [-0.39, 0.29) is 0 Å². The van der Waals surface area contributed by atoms with E-state index >= 15 is 0 Å². The Labute approximate surface area is 113 Å². The van der Waals surface area contributed by atoms with Crippen molar-refractivity contribution in [3.8, 4) is 5.75 Å². The van der Waals surface area contributed by atoms with Crippen molar-refractivity contribution in [1.82, 2.24) is 4.90 Å². The van der Waals surface area contributed by atoms with Crippen LogP contribution in [0.2, 0.25) is 0 Å². The minimum Gasteiger partial charge on any atom is -0.507 e. The summed E-state index contributed by atoms with van der Waals surface area (Å²) in [5.74, 6) is 1.50. The number of aromatic hydroxyl groups is 1. The van der Waals surface area contributed by atoms with Gasteiger partial charge in [-0.05, 0) is 36.6 Å². The quantitative estimate of drug-likeness (QED) is 0.883. The van der Waals surface area contributed by atoms with Crippen LogP contribution >= 0.6 is 11.8 Å². The SMILES string of the molecule is CCCN1CCC=C2c3cccc(O)c3SCC21. The normalized spacial score (nSPS) is 23.2. The first kappa shape index (κ1) is 12.1. The molecule has 2 nitrogen and oxygen atoms in total. The average Bonchev–Trinajstić information content (AvgIpc) is 2.40. The summed E-state index contributed by atoms with van der Waals surface area (Å²) in [6.45, 7) is 4.60. The Morgan fingerprint density at radius 2 is 2.33 bits per heavy atom. The van der Waals surface area contributed by atoms with Crippen LogP contribution < -0.4 is 0 Å². The predicted molar refractivity (Wildman–Crippen MR) is 77.1 cm³/mol. The Morgan fingerprint density at radius 3 is 3.17 bits per heavy atom. The highest BCUT2D eigenvalue weighted by Crippen LogP contribution is 2.44. The molecule has 1 atom stereocenters. The van der Waals surface area contributed by atoms with Gasteiger partial charge in [0.2, 0.25) is 0 Å². The maximum absolute atomic E-state index is 9.95. The molecular formula is C15H19NOS. The molecule has 1 aromatic rings. The largest absolute Gasteiger partial charge is 0.507 e. The second-order valence-electron chi connectivity index (χ2n) is 4.96. The Bertz CT molecular complexity index is 483. The topological polar surface area (TPSA) is 23.5 Å². The molecule has 1 aromatic carbocycles. The molecule has 0 saturated heterocycles. The smallest absolute Gasteiger partial charge is 0.129 e. The third-order valence-electron chi connectivity index (χ3n) is 3.78. The van der Waals surface area contributed by atoms with Crippen LogP contribution in [0.25, 0.3) is 5.57 Å². The van der Waals surface area contributed by atoms with Crippen molar-refractivity contribution >= 4 is 17.3 Å². The lowest BCUT2D eigenvalue weighted by atomic mass is 9.93. The molecule has 0 aliphatic carbocycles.